The van der Waals surface area contributed by atoms with Crippen LogP contribution in [0.25, 0.3) is 16.9 Å². The number of hydrogen-bond donors (Lipinski definition) is 0. The highest BCUT2D eigenvalue weighted by molar-refractivity contribution is 6.06. The number of ether oxygens (including phenoxy) is 3. The van der Waals surface area contributed by atoms with Crippen LogP contribution in [0.1, 0.15) is 92.0 Å². The second kappa shape index (κ2) is 15.6. The first-order valence-electron chi connectivity index (χ1n) is 13.7. The molecule has 0 atom stereocenters. The van der Waals surface area contributed by atoms with E-state index >= 15 is 0 Å². The first-order valence-corrected chi connectivity index (χ1v) is 13.7. The Morgan fingerprint density at radius 2 is 1.32 bits per heavy atom. The summed E-state index contributed by atoms with van der Waals surface area (Å²) in [6.45, 7) is 2.92. The molecule has 2 aromatic carbocycles. The molecule has 0 aliphatic carbocycles. The Bertz CT molecular complexity index is 1140. The molecule has 0 saturated carbocycles. The molecule has 0 amide bonds. The number of carbonyl (C=O) groups is 2. The van der Waals surface area contributed by atoms with Crippen molar-refractivity contribution in [2.24, 2.45) is 0 Å². The summed E-state index contributed by atoms with van der Waals surface area (Å²) in [5.74, 6) is -0.590. The number of esters is 2. The summed E-state index contributed by atoms with van der Waals surface area (Å²) in [7, 11) is 2.55. The fourth-order valence-electron chi connectivity index (χ4n) is 4.45. The predicted octanol–water partition coefficient (Wildman–Crippen LogP) is 7.41. The van der Waals surface area contributed by atoms with Crippen LogP contribution in [0.15, 0.2) is 54.6 Å². The molecule has 1 heterocycles. The number of hydrogen-bond acceptors (Lipinski definition) is 6. The van der Waals surface area contributed by atoms with E-state index in [4.69, 9.17) is 14.2 Å². The van der Waals surface area contributed by atoms with Crippen LogP contribution < -0.4 is 4.74 Å². The predicted molar refractivity (Wildman–Crippen MR) is 149 cm³/mol. The molecule has 7 heteroatoms. The Balaban J connectivity index is 1.64. The largest absolute Gasteiger partial charge is 0.494 e. The lowest BCUT2D eigenvalue weighted by atomic mass is 10.1. The van der Waals surface area contributed by atoms with Crippen LogP contribution in [0.4, 0.5) is 0 Å². The summed E-state index contributed by atoms with van der Waals surface area (Å²) < 4.78 is 17.3. The van der Waals surface area contributed by atoms with Gasteiger partial charge in [-0.3, -0.25) is 0 Å². The number of nitrogens with zero attached hydrogens (tertiary/aromatic N) is 2. The van der Waals surface area contributed by atoms with Crippen molar-refractivity contribution in [3.8, 4) is 22.7 Å². The third kappa shape index (κ3) is 7.94. The van der Waals surface area contributed by atoms with Gasteiger partial charge < -0.3 is 14.2 Å². The number of unbranched alkanes of at least 4 members (excludes halogenated alkanes) is 9. The van der Waals surface area contributed by atoms with E-state index in [1.54, 1.807) is 12.1 Å². The van der Waals surface area contributed by atoms with Gasteiger partial charge in [0.25, 0.3) is 0 Å². The summed E-state index contributed by atoms with van der Waals surface area (Å²) in [5.41, 5.74) is 1.70. The van der Waals surface area contributed by atoms with Crippen LogP contribution in [0, 0.1) is 0 Å². The van der Waals surface area contributed by atoms with Crippen molar-refractivity contribution >= 4 is 11.9 Å². The maximum Gasteiger partial charge on any atom is 0.357 e. The van der Waals surface area contributed by atoms with E-state index < -0.39 is 11.9 Å². The van der Waals surface area contributed by atoms with E-state index in [1.165, 1.54) is 76.7 Å². The molecule has 0 radical (unpaired) electrons. The number of para-hydroxylation sites is 1. The first-order chi connectivity index (χ1) is 18.6. The molecular formula is C31H40N2O5. The monoisotopic (exact) mass is 520 g/mol. The molecule has 3 aromatic rings. The lowest BCUT2D eigenvalue weighted by molar-refractivity contribution is 0.0549. The van der Waals surface area contributed by atoms with Gasteiger partial charge in [0.2, 0.25) is 0 Å². The first kappa shape index (κ1) is 29.0. The third-order valence-electron chi connectivity index (χ3n) is 6.55. The normalized spacial score (nSPS) is 10.8. The highest BCUT2D eigenvalue weighted by atomic mass is 16.5. The highest BCUT2D eigenvalue weighted by Crippen LogP contribution is 2.30. The Morgan fingerprint density at radius 3 is 1.89 bits per heavy atom. The van der Waals surface area contributed by atoms with Gasteiger partial charge in [-0.05, 0) is 42.8 Å². The molecule has 0 saturated heterocycles. The van der Waals surface area contributed by atoms with Gasteiger partial charge in [0.15, 0.2) is 5.69 Å². The van der Waals surface area contributed by atoms with Crippen molar-refractivity contribution in [1.82, 2.24) is 9.78 Å². The molecule has 0 N–H and O–H groups in total. The van der Waals surface area contributed by atoms with Gasteiger partial charge in [0, 0.05) is 5.56 Å². The maximum absolute atomic E-state index is 12.8. The molecule has 0 aliphatic rings. The van der Waals surface area contributed by atoms with Gasteiger partial charge in [-0.1, -0.05) is 82.9 Å². The fourth-order valence-corrected chi connectivity index (χ4v) is 4.45. The molecular weight excluding hydrogens is 480 g/mol. The topological polar surface area (TPSA) is 79.7 Å². The van der Waals surface area contributed by atoms with Crippen LogP contribution >= 0.6 is 0 Å². The van der Waals surface area contributed by atoms with Crippen molar-refractivity contribution in [2.75, 3.05) is 20.8 Å². The molecule has 0 bridgehead atoms. The third-order valence-corrected chi connectivity index (χ3v) is 6.55. The quantitative estimate of drug-likeness (QED) is 0.144. The molecule has 204 valence electrons. The second-order valence-electron chi connectivity index (χ2n) is 9.36. The van der Waals surface area contributed by atoms with E-state index in [9.17, 15) is 9.59 Å². The van der Waals surface area contributed by atoms with E-state index in [2.05, 4.69) is 12.0 Å². The van der Waals surface area contributed by atoms with Gasteiger partial charge in [0.1, 0.15) is 17.0 Å². The maximum atomic E-state index is 12.8. The van der Waals surface area contributed by atoms with Gasteiger partial charge in [-0.25, -0.2) is 14.3 Å². The standard InChI is InChI=1S/C31H40N2O5/c1-4-5-6-7-8-9-10-11-12-16-23-38-26-21-19-24(20-22-26)28-27(30(34)36-2)29(31(35)37-3)33(32-28)25-17-14-13-15-18-25/h13-15,17-22H,4-12,16,23H2,1-3H3. The Kier molecular flexibility index (Phi) is 11.9. The molecule has 0 unspecified atom stereocenters. The average molecular weight is 521 g/mol. The van der Waals surface area contributed by atoms with Crippen molar-refractivity contribution < 1.29 is 23.8 Å². The van der Waals surface area contributed by atoms with Crippen LogP contribution in [-0.4, -0.2) is 42.5 Å². The molecule has 3 rings (SSSR count). The molecule has 0 aliphatic heterocycles. The van der Waals surface area contributed by atoms with Crippen LogP contribution in [0.2, 0.25) is 0 Å². The lowest BCUT2D eigenvalue weighted by Gasteiger charge is -2.08. The van der Waals surface area contributed by atoms with Crippen LogP contribution in [0.3, 0.4) is 0 Å². The minimum absolute atomic E-state index is 0.0156. The number of benzene rings is 2. The van der Waals surface area contributed by atoms with E-state index in [1.807, 2.05) is 42.5 Å². The van der Waals surface area contributed by atoms with E-state index in [0.29, 0.717) is 23.6 Å². The molecule has 7 nitrogen and oxygen atoms in total. The average Bonchev–Trinajstić information content (AvgIpc) is 3.36. The summed E-state index contributed by atoms with van der Waals surface area (Å²) >= 11 is 0. The van der Waals surface area contributed by atoms with Gasteiger partial charge in [-0.15, -0.1) is 0 Å². The van der Waals surface area contributed by atoms with Crippen molar-refractivity contribution in [3.05, 3.63) is 65.9 Å². The zero-order chi connectivity index (χ0) is 27.2. The van der Waals surface area contributed by atoms with Gasteiger partial charge in [-0.2, -0.15) is 5.10 Å². The van der Waals surface area contributed by atoms with Crippen molar-refractivity contribution in [2.45, 2.75) is 71.1 Å². The smallest absolute Gasteiger partial charge is 0.357 e. The summed E-state index contributed by atoms with van der Waals surface area (Å²) in [6, 6.07) is 16.5. The van der Waals surface area contributed by atoms with Crippen LogP contribution in [-0.2, 0) is 9.47 Å². The van der Waals surface area contributed by atoms with Crippen molar-refractivity contribution in [3.63, 3.8) is 0 Å². The Morgan fingerprint density at radius 1 is 0.737 bits per heavy atom. The Hall–Kier alpha value is -3.61. The molecule has 0 fully saturated rings. The molecule has 0 spiro atoms. The second-order valence-corrected chi connectivity index (χ2v) is 9.36. The minimum atomic E-state index is -0.676. The van der Waals surface area contributed by atoms with Gasteiger partial charge >= 0.3 is 11.9 Å². The number of methoxy groups -OCH3 is 2. The fraction of sp³-hybridized carbons (Fsp3) is 0.452. The number of carbonyl (C=O) groups excluding carboxylic acids is 2. The summed E-state index contributed by atoms with van der Waals surface area (Å²) in [5, 5.41) is 4.62. The molecule has 1 aromatic heterocycles. The number of rotatable bonds is 16. The van der Waals surface area contributed by atoms with E-state index in [-0.39, 0.29) is 11.3 Å². The number of aromatic nitrogens is 2. The summed E-state index contributed by atoms with van der Waals surface area (Å²) in [6.07, 6.45) is 12.8. The molecule has 38 heavy (non-hydrogen) atoms. The van der Waals surface area contributed by atoms with Gasteiger partial charge in [0.05, 0.1) is 26.5 Å². The highest BCUT2D eigenvalue weighted by Gasteiger charge is 2.31. The lowest BCUT2D eigenvalue weighted by Crippen LogP contribution is -2.15. The summed E-state index contributed by atoms with van der Waals surface area (Å²) in [4.78, 5) is 25.5. The minimum Gasteiger partial charge on any atom is -0.494 e. The van der Waals surface area contributed by atoms with Crippen molar-refractivity contribution in [1.29, 1.82) is 0 Å². The Labute approximate surface area is 226 Å². The zero-order valence-electron chi connectivity index (χ0n) is 22.9. The van der Waals surface area contributed by atoms with Crippen LogP contribution in [0.5, 0.6) is 5.75 Å². The van der Waals surface area contributed by atoms with E-state index in [0.717, 1.165) is 12.2 Å². The SMILES string of the molecule is CCCCCCCCCCCCOc1ccc(-c2nn(-c3ccccc3)c(C(=O)OC)c2C(=O)OC)cc1. The zero-order valence-corrected chi connectivity index (χ0v) is 22.9.